The first-order valence-corrected chi connectivity index (χ1v) is 10.3. The first-order chi connectivity index (χ1) is 9.21. The Balaban J connectivity index is 3.34. The lowest BCUT2D eigenvalue weighted by atomic mass is 10.2. The van der Waals surface area contributed by atoms with Crippen LogP contribution in [0, 0.1) is 11.5 Å². The zero-order valence-corrected chi connectivity index (χ0v) is 15.9. The second-order valence-electron chi connectivity index (χ2n) is 6.31. The fourth-order valence-electron chi connectivity index (χ4n) is 3.22. The predicted molar refractivity (Wildman–Crippen MR) is 93.7 cm³/mol. The second kappa shape index (κ2) is 6.82. The number of phenolic OH excluding ortho intramolecular Hbond substituents is 1. The first kappa shape index (κ1) is 17.3. The number of hydrogen-bond donors (Lipinski definition) is 1. The average Bonchev–Trinajstić information content (AvgIpc) is 2.32. The van der Waals surface area contributed by atoms with Crippen LogP contribution in [-0.4, -0.2) is 13.2 Å². The summed E-state index contributed by atoms with van der Waals surface area (Å²) in [5.41, 5.74) is 6.39. The van der Waals surface area contributed by atoms with Gasteiger partial charge >= 0.3 is 0 Å². The molecule has 0 bridgehead atoms. The SMILES string of the molecule is CC(C)[Si](C#Cc1cc(O)ccc1Br)(C(C)C)C(C)C. The zero-order chi connectivity index (χ0) is 15.5. The van der Waals surface area contributed by atoms with E-state index in [1.165, 1.54) is 0 Å². The van der Waals surface area contributed by atoms with Crippen LogP contribution >= 0.6 is 15.9 Å². The summed E-state index contributed by atoms with van der Waals surface area (Å²) in [5, 5.41) is 9.62. The Morgan fingerprint density at radius 3 is 1.95 bits per heavy atom. The summed E-state index contributed by atoms with van der Waals surface area (Å²) in [6.45, 7) is 13.8. The predicted octanol–water partition coefficient (Wildman–Crippen LogP) is 5.72. The van der Waals surface area contributed by atoms with Crippen LogP contribution in [0.25, 0.3) is 0 Å². The largest absolute Gasteiger partial charge is 0.508 e. The van der Waals surface area contributed by atoms with Crippen molar-refractivity contribution in [3.8, 4) is 17.2 Å². The standard InChI is InChI=1S/C17H25BrOSi/c1-12(2)20(13(3)4,14(5)6)10-9-15-11-16(19)7-8-17(15)18/h7-8,11-14,19H,1-6H3. The van der Waals surface area contributed by atoms with Gasteiger partial charge in [-0.2, -0.15) is 0 Å². The van der Waals surface area contributed by atoms with Gasteiger partial charge in [0.15, 0.2) is 0 Å². The highest BCUT2D eigenvalue weighted by Crippen LogP contribution is 2.40. The van der Waals surface area contributed by atoms with E-state index in [0.717, 1.165) is 10.0 Å². The monoisotopic (exact) mass is 352 g/mol. The lowest BCUT2D eigenvalue weighted by Gasteiger charge is -2.38. The van der Waals surface area contributed by atoms with Crippen molar-refractivity contribution in [2.45, 2.75) is 58.2 Å². The first-order valence-electron chi connectivity index (χ1n) is 7.23. The molecule has 0 aliphatic heterocycles. The van der Waals surface area contributed by atoms with Gasteiger partial charge in [-0.25, -0.2) is 0 Å². The molecule has 1 aromatic rings. The van der Waals surface area contributed by atoms with Gasteiger partial charge in [0, 0.05) is 10.0 Å². The molecular weight excluding hydrogens is 328 g/mol. The minimum absolute atomic E-state index is 0.267. The van der Waals surface area contributed by atoms with E-state index in [4.69, 9.17) is 0 Å². The molecule has 0 heterocycles. The molecular formula is C17H25BrOSi. The van der Waals surface area contributed by atoms with Crippen molar-refractivity contribution >= 4 is 24.0 Å². The Kier molecular flexibility index (Phi) is 5.91. The molecule has 0 aliphatic rings. The van der Waals surface area contributed by atoms with Crippen molar-refractivity contribution in [3.63, 3.8) is 0 Å². The molecule has 0 aliphatic carbocycles. The maximum atomic E-state index is 9.62. The van der Waals surface area contributed by atoms with E-state index in [1.54, 1.807) is 12.1 Å². The fraction of sp³-hybridized carbons (Fsp3) is 0.529. The summed E-state index contributed by atoms with van der Waals surface area (Å²) in [7, 11) is -1.71. The number of benzene rings is 1. The van der Waals surface area contributed by atoms with Gasteiger partial charge in [0.25, 0.3) is 0 Å². The quantitative estimate of drug-likeness (QED) is 0.544. The molecule has 0 amide bonds. The molecule has 0 unspecified atom stereocenters. The average molecular weight is 353 g/mol. The summed E-state index contributed by atoms with van der Waals surface area (Å²) >= 11 is 3.51. The Morgan fingerprint density at radius 1 is 1.00 bits per heavy atom. The van der Waals surface area contributed by atoms with Crippen molar-refractivity contribution < 1.29 is 5.11 Å². The summed E-state index contributed by atoms with van der Waals surface area (Å²) in [5.74, 6) is 3.61. The molecule has 3 heteroatoms. The van der Waals surface area contributed by atoms with Gasteiger partial charge in [-0.15, -0.1) is 5.54 Å². The van der Waals surface area contributed by atoms with Crippen molar-refractivity contribution in [3.05, 3.63) is 28.2 Å². The number of aromatic hydroxyl groups is 1. The van der Waals surface area contributed by atoms with E-state index in [2.05, 4.69) is 68.9 Å². The van der Waals surface area contributed by atoms with E-state index in [-0.39, 0.29) is 5.75 Å². The summed E-state index contributed by atoms with van der Waals surface area (Å²) in [6.07, 6.45) is 0. The van der Waals surface area contributed by atoms with Crippen LogP contribution in [0.5, 0.6) is 5.75 Å². The van der Waals surface area contributed by atoms with Crippen LogP contribution in [0.4, 0.5) is 0 Å². The third-order valence-electron chi connectivity index (χ3n) is 4.23. The maximum Gasteiger partial charge on any atom is 0.146 e. The molecule has 1 nitrogen and oxygen atoms in total. The molecule has 0 saturated carbocycles. The summed E-state index contributed by atoms with van der Waals surface area (Å²) in [4.78, 5) is 0. The number of hydrogen-bond acceptors (Lipinski definition) is 1. The maximum absolute atomic E-state index is 9.62. The molecule has 20 heavy (non-hydrogen) atoms. The van der Waals surface area contributed by atoms with Gasteiger partial charge < -0.3 is 5.11 Å². The van der Waals surface area contributed by atoms with Crippen molar-refractivity contribution in [2.24, 2.45) is 0 Å². The molecule has 110 valence electrons. The van der Waals surface area contributed by atoms with Crippen LogP contribution in [0.3, 0.4) is 0 Å². The molecule has 0 spiro atoms. The van der Waals surface area contributed by atoms with Crippen LogP contribution in [0.15, 0.2) is 22.7 Å². The number of phenols is 1. The van der Waals surface area contributed by atoms with Crippen LogP contribution < -0.4 is 0 Å². The molecule has 0 saturated heterocycles. The Labute approximate surface area is 132 Å². The lowest BCUT2D eigenvalue weighted by Crippen LogP contribution is -2.43. The minimum atomic E-state index is -1.71. The Morgan fingerprint density at radius 2 is 1.50 bits per heavy atom. The van der Waals surface area contributed by atoms with Gasteiger partial charge in [-0.3, -0.25) is 0 Å². The molecule has 0 fully saturated rings. The normalized spacial score (nSPS) is 11.9. The molecule has 0 radical (unpaired) electrons. The van der Waals surface area contributed by atoms with Crippen LogP contribution in [0.1, 0.15) is 47.1 Å². The highest BCUT2D eigenvalue weighted by Gasteiger charge is 2.41. The van der Waals surface area contributed by atoms with E-state index in [1.807, 2.05) is 6.07 Å². The highest BCUT2D eigenvalue weighted by atomic mass is 79.9. The smallest absolute Gasteiger partial charge is 0.146 e. The number of halogens is 1. The molecule has 1 N–H and O–H groups in total. The van der Waals surface area contributed by atoms with E-state index in [0.29, 0.717) is 16.6 Å². The van der Waals surface area contributed by atoms with Crippen molar-refractivity contribution in [1.82, 2.24) is 0 Å². The molecule has 0 aromatic heterocycles. The Bertz CT molecular complexity index is 502. The second-order valence-corrected chi connectivity index (χ2v) is 12.7. The fourth-order valence-corrected chi connectivity index (χ4v) is 8.78. The van der Waals surface area contributed by atoms with Gasteiger partial charge in [-0.05, 0) is 50.8 Å². The summed E-state index contributed by atoms with van der Waals surface area (Å²) in [6, 6.07) is 5.26. The van der Waals surface area contributed by atoms with E-state index >= 15 is 0 Å². The minimum Gasteiger partial charge on any atom is -0.508 e. The third-order valence-corrected chi connectivity index (χ3v) is 11.2. The van der Waals surface area contributed by atoms with E-state index < -0.39 is 8.07 Å². The molecule has 0 atom stereocenters. The van der Waals surface area contributed by atoms with Crippen molar-refractivity contribution in [1.29, 1.82) is 0 Å². The highest BCUT2D eigenvalue weighted by molar-refractivity contribution is 9.10. The van der Waals surface area contributed by atoms with Crippen molar-refractivity contribution in [2.75, 3.05) is 0 Å². The van der Waals surface area contributed by atoms with Gasteiger partial charge in [0.2, 0.25) is 0 Å². The lowest BCUT2D eigenvalue weighted by molar-refractivity contribution is 0.475. The molecule has 1 aromatic carbocycles. The summed E-state index contributed by atoms with van der Waals surface area (Å²) < 4.78 is 0.946. The van der Waals surface area contributed by atoms with Gasteiger partial charge in [-0.1, -0.05) is 47.5 Å². The topological polar surface area (TPSA) is 20.2 Å². The van der Waals surface area contributed by atoms with Crippen LogP contribution in [-0.2, 0) is 0 Å². The Hall–Kier alpha value is -0.723. The third kappa shape index (κ3) is 3.48. The van der Waals surface area contributed by atoms with Gasteiger partial charge in [0.1, 0.15) is 13.8 Å². The van der Waals surface area contributed by atoms with E-state index in [9.17, 15) is 5.11 Å². The molecule has 1 rings (SSSR count). The van der Waals surface area contributed by atoms with Crippen LogP contribution in [0.2, 0.25) is 16.6 Å². The number of rotatable bonds is 3. The van der Waals surface area contributed by atoms with Gasteiger partial charge in [0.05, 0.1) is 0 Å². The zero-order valence-electron chi connectivity index (χ0n) is 13.3.